The third-order valence-electron chi connectivity index (χ3n) is 4.86. The lowest BCUT2D eigenvalue weighted by Crippen LogP contribution is -2.46. The van der Waals surface area contributed by atoms with Crippen molar-refractivity contribution in [2.45, 2.75) is 70.9 Å². The molecule has 0 bridgehead atoms. The molecule has 2 fully saturated rings. The van der Waals surface area contributed by atoms with Crippen molar-refractivity contribution in [2.75, 3.05) is 20.1 Å². The number of nitrogens with one attached hydrogen (secondary N) is 1. The summed E-state index contributed by atoms with van der Waals surface area (Å²) in [5, 5.41) is 3.77. The van der Waals surface area contributed by atoms with Crippen LogP contribution in [-0.4, -0.2) is 37.1 Å². The maximum Gasteiger partial charge on any atom is 0.0223 e. The zero-order valence-electron chi connectivity index (χ0n) is 12.6. The summed E-state index contributed by atoms with van der Waals surface area (Å²) < 4.78 is 0. The van der Waals surface area contributed by atoms with Crippen LogP contribution in [0.25, 0.3) is 0 Å². The molecule has 2 aliphatic rings. The Labute approximate surface area is 114 Å². The smallest absolute Gasteiger partial charge is 0.0223 e. The number of hydrogen-bond donors (Lipinski definition) is 1. The first-order chi connectivity index (χ1) is 8.70. The van der Waals surface area contributed by atoms with Crippen molar-refractivity contribution in [1.82, 2.24) is 10.2 Å². The van der Waals surface area contributed by atoms with Gasteiger partial charge in [0.2, 0.25) is 0 Å². The van der Waals surface area contributed by atoms with E-state index in [0.717, 1.165) is 23.9 Å². The Morgan fingerprint density at radius 1 is 1.22 bits per heavy atom. The van der Waals surface area contributed by atoms with Crippen LogP contribution in [-0.2, 0) is 0 Å². The molecule has 2 rings (SSSR count). The average Bonchev–Trinajstić information content (AvgIpc) is 3.18. The number of hydrogen-bond acceptors (Lipinski definition) is 2. The quantitative estimate of drug-likeness (QED) is 0.748. The van der Waals surface area contributed by atoms with Gasteiger partial charge in [0.25, 0.3) is 0 Å². The number of likely N-dealkylation sites (N-methyl/N-ethyl adjacent to an activating group) is 1. The molecule has 1 N–H and O–H groups in total. The molecule has 106 valence electrons. The van der Waals surface area contributed by atoms with Crippen LogP contribution >= 0.6 is 0 Å². The number of rotatable bonds is 7. The topological polar surface area (TPSA) is 15.3 Å². The Bertz CT molecular complexity index is 237. The first-order valence-electron chi connectivity index (χ1n) is 8.14. The minimum Gasteiger partial charge on any atom is -0.312 e. The summed E-state index contributed by atoms with van der Waals surface area (Å²) in [5.41, 5.74) is 0. The summed E-state index contributed by atoms with van der Waals surface area (Å²) in [7, 11) is 2.35. The Kier molecular flexibility index (Phi) is 5.50. The monoisotopic (exact) mass is 252 g/mol. The van der Waals surface area contributed by atoms with Gasteiger partial charge >= 0.3 is 0 Å². The minimum atomic E-state index is 0.757. The third-order valence-corrected chi connectivity index (χ3v) is 4.86. The van der Waals surface area contributed by atoms with Gasteiger partial charge in [0.1, 0.15) is 0 Å². The van der Waals surface area contributed by atoms with E-state index < -0.39 is 0 Å². The first-order valence-corrected chi connectivity index (χ1v) is 8.14. The van der Waals surface area contributed by atoms with Crippen LogP contribution in [0.1, 0.15) is 58.8 Å². The second-order valence-corrected chi connectivity index (χ2v) is 6.76. The standard InChI is InChI=1S/C16H32N2/c1-4-10-17-16(14-8-9-14)12-18(3)15-7-5-6-13(2)11-15/h13-17H,4-12H2,1-3H3. The van der Waals surface area contributed by atoms with Gasteiger partial charge < -0.3 is 10.2 Å². The third kappa shape index (κ3) is 4.24. The Morgan fingerprint density at radius 3 is 2.61 bits per heavy atom. The molecule has 3 atom stereocenters. The molecular formula is C16H32N2. The second-order valence-electron chi connectivity index (χ2n) is 6.76. The lowest BCUT2D eigenvalue weighted by molar-refractivity contribution is 0.146. The highest BCUT2D eigenvalue weighted by Crippen LogP contribution is 2.34. The van der Waals surface area contributed by atoms with E-state index in [1.54, 1.807) is 0 Å². The van der Waals surface area contributed by atoms with Crippen molar-refractivity contribution in [3.05, 3.63) is 0 Å². The average molecular weight is 252 g/mol. The Balaban J connectivity index is 1.78. The van der Waals surface area contributed by atoms with E-state index >= 15 is 0 Å². The van der Waals surface area contributed by atoms with Gasteiger partial charge in [-0.05, 0) is 57.5 Å². The Morgan fingerprint density at radius 2 is 2.00 bits per heavy atom. The Hall–Kier alpha value is -0.0800. The maximum absolute atomic E-state index is 3.77. The zero-order valence-corrected chi connectivity index (χ0v) is 12.6. The second kappa shape index (κ2) is 6.91. The highest BCUT2D eigenvalue weighted by atomic mass is 15.2. The van der Waals surface area contributed by atoms with Gasteiger partial charge in [-0.25, -0.2) is 0 Å². The molecule has 0 aliphatic heterocycles. The van der Waals surface area contributed by atoms with E-state index in [4.69, 9.17) is 0 Å². The van der Waals surface area contributed by atoms with Gasteiger partial charge in [-0.15, -0.1) is 0 Å². The molecule has 2 heteroatoms. The molecule has 0 amide bonds. The van der Waals surface area contributed by atoms with E-state index in [0.29, 0.717) is 0 Å². The molecule has 3 unspecified atom stereocenters. The molecule has 0 saturated heterocycles. The molecule has 0 aromatic rings. The van der Waals surface area contributed by atoms with Crippen LogP contribution in [0.15, 0.2) is 0 Å². The van der Waals surface area contributed by atoms with Gasteiger partial charge in [-0.2, -0.15) is 0 Å². The van der Waals surface area contributed by atoms with Gasteiger partial charge in [0, 0.05) is 18.6 Å². The van der Waals surface area contributed by atoms with Crippen molar-refractivity contribution in [3.63, 3.8) is 0 Å². The summed E-state index contributed by atoms with van der Waals surface area (Å²) >= 11 is 0. The van der Waals surface area contributed by atoms with Crippen molar-refractivity contribution < 1.29 is 0 Å². The van der Waals surface area contributed by atoms with Crippen LogP contribution in [0.2, 0.25) is 0 Å². The molecule has 0 aromatic heterocycles. The van der Waals surface area contributed by atoms with Crippen molar-refractivity contribution in [1.29, 1.82) is 0 Å². The van der Waals surface area contributed by atoms with Crippen molar-refractivity contribution >= 4 is 0 Å². The van der Waals surface area contributed by atoms with Crippen LogP contribution in [0, 0.1) is 11.8 Å². The van der Waals surface area contributed by atoms with Crippen LogP contribution in [0.3, 0.4) is 0 Å². The fourth-order valence-corrected chi connectivity index (χ4v) is 3.47. The van der Waals surface area contributed by atoms with Crippen LogP contribution < -0.4 is 5.32 Å². The molecule has 0 aromatic carbocycles. The molecule has 2 saturated carbocycles. The number of nitrogens with zero attached hydrogens (tertiary/aromatic N) is 1. The molecule has 18 heavy (non-hydrogen) atoms. The van der Waals surface area contributed by atoms with Crippen LogP contribution in [0.4, 0.5) is 0 Å². The summed E-state index contributed by atoms with van der Waals surface area (Å²) in [6.07, 6.45) is 9.89. The molecule has 2 nitrogen and oxygen atoms in total. The largest absolute Gasteiger partial charge is 0.312 e. The lowest BCUT2D eigenvalue weighted by atomic mass is 9.86. The van der Waals surface area contributed by atoms with Crippen molar-refractivity contribution in [2.24, 2.45) is 11.8 Å². The highest BCUT2D eigenvalue weighted by molar-refractivity contribution is 4.89. The van der Waals surface area contributed by atoms with E-state index in [1.165, 1.54) is 58.0 Å². The predicted octanol–water partition coefficient (Wildman–Crippen LogP) is 3.28. The highest BCUT2D eigenvalue weighted by Gasteiger charge is 2.33. The van der Waals surface area contributed by atoms with Gasteiger partial charge in [-0.3, -0.25) is 0 Å². The summed E-state index contributed by atoms with van der Waals surface area (Å²) in [4.78, 5) is 2.65. The molecule has 2 aliphatic carbocycles. The van der Waals surface area contributed by atoms with Crippen LogP contribution in [0.5, 0.6) is 0 Å². The van der Waals surface area contributed by atoms with Crippen molar-refractivity contribution in [3.8, 4) is 0 Å². The minimum absolute atomic E-state index is 0.757. The predicted molar refractivity (Wildman–Crippen MR) is 78.9 cm³/mol. The van der Waals surface area contributed by atoms with E-state index in [1.807, 2.05) is 0 Å². The fraction of sp³-hybridized carbons (Fsp3) is 1.00. The van der Waals surface area contributed by atoms with E-state index in [2.05, 4.69) is 31.1 Å². The zero-order chi connectivity index (χ0) is 13.0. The normalized spacial score (nSPS) is 30.7. The molecule has 0 radical (unpaired) electrons. The van der Waals surface area contributed by atoms with Gasteiger partial charge in [0.05, 0.1) is 0 Å². The molecule has 0 spiro atoms. The fourth-order valence-electron chi connectivity index (χ4n) is 3.47. The van der Waals surface area contributed by atoms with Gasteiger partial charge in [0.15, 0.2) is 0 Å². The van der Waals surface area contributed by atoms with E-state index in [9.17, 15) is 0 Å². The molecule has 0 heterocycles. The van der Waals surface area contributed by atoms with Gasteiger partial charge in [-0.1, -0.05) is 26.7 Å². The first kappa shape index (κ1) is 14.3. The summed E-state index contributed by atoms with van der Waals surface area (Å²) in [5.74, 6) is 1.91. The maximum atomic E-state index is 3.77. The summed E-state index contributed by atoms with van der Waals surface area (Å²) in [6.45, 7) is 7.15. The molecular weight excluding hydrogens is 220 g/mol. The lowest BCUT2D eigenvalue weighted by Gasteiger charge is -2.36. The SMILES string of the molecule is CCCNC(CN(C)C1CCCC(C)C1)C1CC1. The summed E-state index contributed by atoms with van der Waals surface area (Å²) in [6, 6.07) is 1.60. The van der Waals surface area contributed by atoms with E-state index in [-0.39, 0.29) is 0 Å².